The van der Waals surface area contributed by atoms with Crippen LogP contribution >= 0.6 is 0 Å². The number of ether oxygens (including phenoxy) is 2. The molecule has 0 spiro atoms. The summed E-state index contributed by atoms with van der Waals surface area (Å²) in [4.78, 5) is 46.8. The molecule has 1 aromatic heterocycles. The normalized spacial score (nSPS) is 24.8. The van der Waals surface area contributed by atoms with E-state index in [4.69, 9.17) is 15.2 Å². The van der Waals surface area contributed by atoms with Crippen molar-refractivity contribution in [2.45, 2.75) is 100.0 Å². The van der Waals surface area contributed by atoms with E-state index < -0.39 is 5.60 Å². The van der Waals surface area contributed by atoms with Crippen LogP contribution in [0, 0.1) is 0 Å². The Kier molecular flexibility index (Phi) is 11.1. The number of carbonyl (C=O) groups excluding carboxylic acids is 3. The van der Waals surface area contributed by atoms with E-state index >= 15 is 0 Å². The molecule has 0 saturated carbocycles. The molecule has 5 N–H and O–H groups in total. The Hall–Kier alpha value is -5.93. The molecule has 330 valence electrons. The van der Waals surface area contributed by atoms with Gasteiger partial charge in [0.25, 0.3) is 0 Å². The van der Waals surface area contributed by atoms with Crippen molar-refractivity contribution < 1.29 is 34.1 Å². The Bertz CT molecular complexity index is 2370. The number of nitrogen functional groups attached to an aromatic ring is 1. The zero-order chi connectivity index (χ0) is 43.2. The van der Waals surface area contributed by atoms with Gasteiger partial charge in [0.2, 0.25) is 17.7 Å². The van der Waals surface area contributed by atoms with Crippen LogP contribution in [0.3, 0.4) is 0 Å². The number of aromatic hydroxyl groups is 1. The Morgan fingerprint density at radius 1 is 0.873 bits per heavy atom. The largest absolute Gasteiger partial charge is 0.507 e. The molecule has 15 nitrogen and oxygen atoms in total. The Balaban J connectivity index is 0.718. The predicted octanol–water partition coefficient (Wildman–Crippen LogP) is 4.54. The summed E-state index contributed by atoms with van der Waals surface area (Å²) in [6, 6.07) is 23.5. The van der Waals surface area contributed by atoms with Crippen LogP contribution in [-0.2, 0) is 25.5 Å². The molecule has 0 aliphatic carbocycles. The number of aliphatic hydroxyl groups is 1. The van der Waals surface area contributed by atoms with Gasteiger partial charge in [-0.2, -0.15) is 0 Å². The third kappa shape index (κ3) is 8.24. The number of nitrogens with two attached hydrogens (primary N) is 1. The lowest BCUT2D eigenvalue weighted by atomic mass is 9.80. The average molecular weight is 857 g/mol. The summed E-state index contributed by atoms with van der Waals surface area (Å²) < 4.78 is 12.7. The standard InChI is InChI=1S/C48H56N8O7/c49-46-38(26-39(51-52-46)36-7-1-2-10-43(36)57)30-23-32-28-62-29-33(24-30)56(32)31-5-3-6-35(25-31)63-34-13-18-54(19-14-34)45(59)27-48(61)16-21-53(22-17-48)40-8-4-9-41-37(40)15-20-55(41)42-11-12-44(58)50-47(42)60/h1-10,25-26,30,32-34,42,57,61H,11-24,27-29H2,(H2,49,52)(H,50,58,60)/t32-,33-,42?/m1/s1. The van der Waals surface area contributed by atoms with Gasteiger partial charge >= 0.3 is 0 Å². The molecule has 3 aromatic carbocycles. The number of phenols is 1. The number of para-hydroxylation sites is 1. The third-order valence-electron chi connectivity index (χ3n) is 14.3. The molecule has 4 aromatic rings. The molecule has 5 fully saturated rings. The Morgan fingerprint density at radius 2 is 1.62 bits per heavy atom. The van der Waals surface area contributed by atoms with Crippen molar-refractivity contribution >= 4 is 40.6 Å². The summed E-state index contributed by atoms with van der Waals surface area (Å²) >= 11 is 0. The maximum absolute atomic E-state index is 13.6. The number of nitrogens with one attached hydrogen (secondary N) is 1. The van der Waals surface area contributed by atoms with Gasteiger partial charge in [-0.25, -0.2) is 0 Å². The molecule has 15 heteroatoms. The van der Waals surface area contributed by atoms with Crippen molar-refractivity contribution in [1.29, 1.82) is 0 Å². The first kappa shape index (κ1) is 41.1. The minimum Gasteiger partial charge on any atom is -0.507 e. The van der Waals surface area contributed by atoms with Crippen LogP contribution in [0.1, 0.15) is 74.8 Å². The number of fused-ring (bicyclic) bond motifs is 3. The number of nitrogens with zero attached hydrogens (tertiary/aromatic N) is 6. The zero-order valence-electron chi connectivity index (χ0n) is 35.5. The van der Waals surface area contributed by atoms with Crippen molar-refractivity contribution in [2.24, 2.45) is 0 Å². The predicted molar refractivity (Wildman–Crippen MR) is 238 cm³/mol. The number of rotatable bonds is 9. The molecular weight excluding hydrogens is 801 g/mol. The number of hydrogen-bond acceptors (Lipinski definition) is 13. The summed E-state index contributed by atoms with van der Waals surface area (Å²) in [5.41, 5.74) is 12.0. The molecule has 6 aliphatic rings. The van der Waals surface area contributed by atoms with Crippen LogP contribution in [0.25, 0.3) is 11.3 Å². The summed E-state index contributed by atoms with van der Waals surface area (Å²) in [7, 11) is 0. The van der Waals surface area contributed by atoms with Gasteiger partial charge in [-0.15, -0.1) is 10.2 Å². The van der Waals surface area contributed by atoms with E-state index in [1.54, 1.807) is 12.1 Å². The van der Waals surface area contributed by atoms with Crippen LogP contribution in [-0.4, -0.2) is 119 Å². The van der Waals surface area contributed by atoms with E-state index in [0.29, 0.717) is 95.0 Å². The Morgan fingerprint density at radius 3 is 2.38 bits per heavy atom. The van der Waals surface area contributed by atoms with Gasteiger partial charge in [-0.1, -0.05) is 24.3 Å². The Labute approximate surface area is 367 Å². The number of hydrogen-bond donors (Lipinski definition) is 4. The number of phenolic OH excluding ortho intramolecular Hbond substituents is 1. The second kappa shape index (κ2) is 17.0. The summed E-state index contributed by atoms with van der Waals surface area (Å²) in [5, 5.41) is 33.2. The number of morpholine rings is 1. The third-order valence-corrected chi connectivity index (χ3v) is 14.3. The first-order chi connectivity index (χ1) is 30.6. The van der Waals surface area contributed by atoms with Gasteiger partial charge in [-0.3, -0.25) is 19.7 Å². The summed E-state index contributed by atoms with van der Waals surface area (Å²) in [5.74, 6) is 1.10. The summed E-state index contributed by atoms with van der Waals surface area (Å²) in [6.45, 7) is 4.37. The van der Waals surface area contributed by atoms with Crippen molar-refractivity contribution in [3.63, 3.8) is 0 Å². The van der Waals surface area contributed by atoms with Gasteiger partial charge in [0.05, 0.1) is 43.0 Å². The van der Waals surface area contributed by atoms with Crippen molar-refractivity contribution in [3.05, 3.63) is 83.9 Å². The molecule has 7 heterocycles. The topological polar surface area (TPSA) is 187 Å². The average Bonchev–Trinajstić information content (AvgIpc) is 3.71. The smallest absolute Gasteiger partial charge is 0.249 e. The number of benzene rings is 3. The lowest BCUT2D eigenvalue weighted by Crippen LogP contribution is -2.56. The van der Waals surface area contributed by atoms with Crippen LogP contribution in [0.2, 0.25) is 0 Å². The molecule has 0 radical (unpaired) electrons. The van der Waals surface area contributed by atoms with Gasteiger partial charge < -0.3 is 45.0 Å². The van der Waals surface area contributed by atoms with Crippen LogP contribution in [0.4, 0.5) is 22.9 Å². The number of aromatic nitrogens is 2. The van der Waals surface area contributed by atoms with Crippen molar-refractivity contribution in [2.75, 3.05) is 66.4 Å². The van der Waals surface area contributed by atoms with Crippen LogP contribution in [0.15, 0.2) is 72.8 Å². The molecule has 63 heavy (non-hydrogen) atoms. The monoisotopic (exact) mass is 856 g/mol. The van der Waals surface area contributed by atoms with Crippen molar-refractivity contribution in [3.8, 4) is 22.8 Å². The van der Waals surface area contributed by atoms with Crippen LogP contribution in [0.5, 0.6) is 11.5 Å². The second-order valence-corrected chi connectivity index (χ2v) is 18.3. The number of amides is 3. The van der Waals surface area contributed by atoms with Gasteiger partial charge in [0.15, 0.2) is 0 Å². The first-order valence-corrected chi connectivity index (χ1v) is 22.6. The molecule has 6 aliphatic heterocycles. The fourth-order valence-corrected chi connectivity index (χ4v) is 11.1. The minimum atomic E-state index is -1.06. The van der Waals surface area contributed by atoms with Gasteiger partial charge in [-0.05, 0) is 86.9 Å². The number of likely N-dealkylation sites (tertiary alicyclic amines) is 1. The highest BCUT2D eigenvalue weighted by Crippen LogP contribution is 2.44. The molecule has 3 atom stereocenters. The van der Waals surface area contributed by atoms with E-state index in [0.717, 1.165) is 54.2 Å². The summed E-state index contributed by atoms with van der Waals surface area (Å²) in [6.07, 6.45) is 5.85. The number of carbonyl (C=O) groups is 3. The maximum Gasteiger partial charge on any atom is 0.249 e. The van der Waals surface area contributed by atoms with Gasteiger partial charge in [0, 0.05) is 91.8 Å². The number of piperidine rings is 4. The van der Waals surface area contributed by atoms with E-state index in [1.165, 1.54) is 5.56 Å². The molecular formula is C48H56N8O7. The first-order valence-electron chi connectivity index (χ1n) is 22.6. The quantitative estimate of drug-likeness (QED) is 0.172. The molecule has 10 rings (SSSR count). The number of imide groups is 1. The highest BCUT2D eigenvalue weighted by Gasteiger charge is 2.42. The second-order valence-electron chi connectivity index (χ2n) is 18.3. The zero-order valence-corrected chi connectivity index (χ0v) is 35.5. The minimum absolute atomic E-state index is 0.0113. The SMILES string of the molecule is Nc1nnc(-c2ccccc2O)cc1C1C[C@@H]2COC[C@@H](C1)N2c1cccc(OC2CCN(C(=O)CC3(O)CCN(c4cccc5c4CCN5C4CCC(=O)NC4=O)CC3)CC2)c1. The molecule has 2 bridgehead atoms. The highest BCUT2D eigenvalue weighted by molar-refractivity contribution is 6.02. The van der Waals surface area contributed by atoms with E-state index in [-0.39, 0.29) is 60.0 Å². The fraction of sp³-hybridized carbons (Fsp3) is 0.479. The van der Waals surface area contributed by atoms with Gasteiger partial charge in [0.1, 0.15) is 29.5 Å². The fourth-order valence-electron chi connectivity index (χ4n) is 11.1. The molecule has 1 unspecified atom stereocenters. The van der Waals surface area contributed by atoms with Crippen LogP contribution < -0.4 is 30.5 Å². The van der Waals surface area contributed by atoms with E-state index in [2.05, 4.69) is 54.5 Å². The molecule has 3 amide bonds. The lowest BCUT2D eigenvalue weighted by Gasteiger charge is -2.50. The number of anilines is 4. The van der Waals surface area contributed by atoms with E-state index in [9.17, 15) is 24.6 Å². The lowest BCUT2D eigenvalue weighted by molar-refractivity contribution is -0.139. The van der Waals surface area contributed by atoms with Crippen molar-refractivity contribution in [1.82, 2.24) is 20.4 Å². The molecule has 5 saturated heterocycles. The van der Waals surface area contributed by atoms with E-state index in [1.807, 2.05) is 41.3 Å². The maximum atomic E-state index is 13.6. The highest BCUT2D eigenvalue weighted by atomic mass is 16.5.